The first-order valence-electron chi connectivity index (χ1n) is 11.1. The van der Waals surface area contributed by atoms with Crippen LogP contribution in [-0.4, -0.2) is 21.0 Å². The lowest BCUT2D eigenvalue weighted by Crippen LogP contribution is -2.05. The summed E-state index contributed by atoms with van der Waals surface area (Å²) in [5, 5.41) is 12.4. The minimum absolute atomic E-state index is 0.0130. The topological polar surface area (TPSA) is 75.1 Å². The number of benzene rings is 2. The molecule has 0 saturated heterocycles. The zero-order valence-corrected chi connectivity index (χ0v) is 19.9. The van der Waals surface area contributed by atoms with Crippen molar-refractivity contribution in [3.8, 4) is 21.1 Å². The largest absolute Gasteiger partial charge is 0.481 e. The van der Waals surface area contributed by atoms with Crippen LogP contribution in [0.5, 0.6) is 0 Å². The summed E-state index contributed by atoms with van der Waals surface area (Å²) in [6, 6.07) is 20.3. The molecule has 2 heterocycles. The van der Waals surface area contributed by atoms with E-state index in [-0.39, 0.29) is 6.42 Å². The first-order chi connectivity index (χ1) is 16.0. The normalized spacial score (nSPS) is 10.9. The summed E-state index contributed by atoms with van der Waals surface area (Å²) in [5.74, 6) is 0.654. The third-order valence-electron chi connectivity index (χ3n) is 5.61. The van der Waals surface area contributed by atoms with E-state index in [2.05, 4.69) is 55.6 Å². The number of aliphatic carboxylic acids is 1. The monoisotopic (exact) mass is 457 g/mol. The van der Waals surface area contributed by atoms with Crippen LogP contribution >= 0.6 is 11.3 Å². The van der Waals surface area contributed by atoms with Gasteiger partial charge in [-0.2, -0.15) is 0 Å². The van der Waals surface area contributed by atoms with E-state index in [0.29, 0.717) is 5.82 Å². The summed E-state index contributed by atoms with van der Waals surface area (Å²) < 4.78 is 0. The molecule has 2 N–H and O–H groups in total. The van der Waals surface area contributed by atoms with Crippen LogP contribution in [0.3, 0.4) is 0 Å². The van der Waals surface area contributed by atoms with E-state index in [4.69, 9.17) is 15.1 Å². The summed E-state index contributed by atoms with van der Waals surface area (Å²) >= 11 is 1.69. The zero-order chi connectivity index (χ0) is 23.4. The molecule has 0 fully saturated rings. The molecule has 33 heavy (non-hydrogen) atoms. The molecule has 2 aromatic heterocycles. The van der Waals surface area contributed by atoms with Crippen LogP contribution in [0.1, 0.15) is 36.2 Å². The Morgan fingerprint density at radius 2 is 1.55 bits per heavy atom. The number of nitrogens with one attached hydrogen (secondary N) is 1. The molecule has 0 spiro atoms. The number of carboxylic acids is 1. The summed E-state index contributed by atoms with van der Waals surface area (Å²) in [5.41, 5.74) is 6.18. The van der Waals surface area contributed by atoms with Crippen LogP contribution in [0, 0.1) is 6.92 Å². The first-order valence-corrected chi connectivity index (χ1v) is 11.9. The number of carbonyl (C=O) groups is 1. The van der Waals surface area contributed by atoms with Crippen molar-refractivity contribution in [1.29, 1.82) is 0 Å². The SMILES string of the molecule is CCc1ccc(-c2ccc(-c3nc(C)c(CC)c(Nc4ccc(CC(=O)O)cc4)n3)s2)cc1. The molecule has 0 unspecified atom stereocenters. The van der Waals surface area contributed by atoms with Crippen LogP contribution in [0.2, 0.25) is 0 Å². The molecule has 0 amide bonds. The Morgan fingerprint density at radius 1 is 0.879 bits per heavy atom. The van der Waals surface area contributed by atoms with Crippen molar-refractivity contribution in [2.45, 2.75) is 40.0 Å². The summed E-state index contributed by atoms with van der Waals surface area (Å²) in [4.78, 5) is 22.8. The van der Waals surface area contributed by atoms with E-state index in [1.807, 2.05) is 31.2 Å². The molecule has 0 radical (unpaired) electrons. The standard InChI is InChI=1S/C27H27N3O2S/c1-4-18-6-10-20(11-7-18)23-14-15-24(33-23)27-28-17(3)22(5-2)26(30-27)29-21-12-8-19(9-13-21)16-25(31)32/h6-15H,4-5,16H2,1-3H3,(H,31,32)(H,28,29,30). The van der Waals surface area contributed by atoms with E-state index in [0.717, 1.165) is 46.0 Å². The van der Waals surface area contributed by atoms with Crippen LogP contribution in [0.15, 0.2) is 60.7 Å². The molecule has 0 aliphatic rings. The number of aromatic nitrogens is 2. The van der Waals surface area contributed by atoms with Crippen molar-refractivity contribution < 1.29 is 9.90 Å². The minimum Gasteiger partial charge on any atom is -0.481 e. The van der Waals surface area contributed by atoms with Crippen molar-refractivity contribution in [1.82, 2.24) is 9.97 Å². The molecule has 4 aromatic rings. The van der Waals surface area contributed by atoms with E-state index in [9.17, 15) is 4.79 Å². The van der Waals surface area contributed by atoms with Crippen molar-refractivity contribution in [3.63, 3.8) is 0 Å². The van der Waals surface area contributed by atoms with Crippen LogP contribution in [0.25, 0.3) is 21.1 Å². The molecule has 4 rings (SSSR count). The van der Waals surface area contributed by atoms with Crippen molar-refractivity contribution in [3.05, 3.63) is 83.0 Å². The molecular weight excluding hydrogens is 430 g/mol. The van der Waals surface area contributed by atoms with Gasteiger partial charge in [-0.3, -0.25) is 4.79 Å². The van der Waals surface area contributed by atoms with Gasteiger partial charge in [0.2, 0.25) is 0 Å². The molecular formula is C27H27N3O2S. The minimum atomic E-state index is -0.836. The maximum absolute atomic E-state index is 10.9. The Labute approximate surface area is 198 Å². The predicted octanol–water partition coefficient (Wildman–Crippen LogP) is 6.68. The second-order valence-electron chi connectivity index (χ2n) is 7.92. The Hall–Kier alpha value is -3.51. The molecule has 5 nitrogen and oxygen atoms in total. The highest BCUT2D eigenvalue weighted by molar-refractivity contribution is 7.18. The van der Waals surface area contributed by atoms with Crippen molar-refractivity contribution >= 4 is 28.8 Å². The van der Waals surface area contributed by atoms with Gasteiger partial charge in [0.25, 0.3) is 0 Å². The third-order valence-corrected chi connectivity index (χ3v) is 6.74. The summed E-state index contributed by atoms with van der Waals surface area (Å²) in [6.45, 7) is 6.27. The molecule has 0 atom stereocenters. The van der Waals surface area contributed by atoms with Gasteiger partial charge in [0.1, 0.15) is 5.82 Å². The summed E-state index contributed by atoms with van der Waals surface area (Å²) in [6.07, 6.45) is 1.86. The summed E-state index contributed by atoms with van der Waals surface area (Å²) in [7, 11) is 0. The lowest BCUT2D eigenvalue weighted by molar-refractivity contribution is -0.136. The van der Waals surface area contributed by atoms with Gasteiger partial charge in [0.15, 0.2) is 5.82 Å². The lowest BCUT2D eigenvalue weighted by Gasteiger charge is -2.14. The fraction of sp³-hybridized carbons (Fsp3) is 0.222. The Balaban J connectivity index is 1.63. The molecule has 0 saturated carbocycles. The second-order valence-corrected chi connectivity index (χ2v) is 9.00. The predicted molar refractivity (Wildman–Crippen MR) is 135 cm³/mol. The maximum atomic E-state index is 10.9. The number of aryl methyl sites for hydroxylation is 2. The highest BCUT2D eigenvalue weighted by atomic mass is 32.1. The molecule has 6 heteroatoms. The van der Waals surface area contributed by atoms with Gasteiger partial charge < -0.3 is 10.4 Å². The second kappa shape index (κ2) is 9.96. The quantitative estimate of drug-likeness (QED) is 0.309. The van der Waals surface area contributed by atoms with Gasteiger partial charge >= 0.3 is 5.97 Å². The van der Waals surface area contributed by atoms with Crippen LogP contribution < -0.4 is 5.32 Å². The number of carboxylic acid groups (broad SMARTS) is 1. The fourth-order valence-corrected chi connectivity index (χ4v) is 4.71. The zero-order valence-electron chi connectivity index (χ0n) is 19.1. The molecule has 0 aliphatic heterocycles. The van der Waals surface area contributed by atoms with Gasteiger partial charge in [-0.15, -0.1) is 11.3 Å². The Kier molecular flexibility index (Phi) is 6.84. The highest BCUT2D eigenvalue weighted by Gasteiger charge is 2.14. The average molecular weight is 458 g/mol. The van der Waals surface area contributed by atoms with E-state index < -0.39 is 5.97 Å². The Bertz CT molecular complexity index is 1260. The van der Waals surface area contributed by atoms with Gasteiger partial charge in [-0.25, -0.2) is 9.97 Å². The third kappa shape index (κ3) is 5.29. The van der Waals surface area contributed by atoms with Gasteiger partial charge in [-0.1, -0.05) is 50.2 Å². The first kappa shape index (κ1) is 22.7. The van der Waals surface area contributed by atoms with E-state index in [1.54, 1.807) is 11.3 Å². The van der Waals surface area contributed by atoms with Crippen LogP contribution in [-0.2, 0) is 24.1 Å². The number of hydrogen-bond acceptors (Lipinski definition) is 5. The molecule has 168 valence electrons. The smallest absolute Gasteiger partial charge is 0.307 e. The van der Waals surface area contributed by atoms with Gasteiger partial charge in [0.05, 0.1) is 11.3 Å². The average Bonchev–Trinajstić information content (AvgIpc) is 3.30. The van der Waals surface area contributed by atoms with E-state index in [1.165, 1.54) is 16.0 Å². The van der Waals surface area contributed by atoms with Crippen molar-refractivity contribution in [2.24, 2.45) is 0 Å². The number of rotatable bonds is 8. The van der Waals surface area contributed by atoms with Gasteiger partial charge in [-0.05, 0) is 60.7 Å². The molecule has 2 aromatic carbocycles. The molecule has 0 aliphatic carbocycles. The number of nitrogens with zero attached hydrogens (tertiary/aromatic N) is 2. The number of anilines is 2. The van der Waals surface area contributed by atoms with Gasteiger partial charge in [0, 0.05) is 21.8 Å². The number of hydrogen-bond donors (Lipinski definition) is 2. The fourth-order valence-electron chi connectivity index (χ4n) is 3.77. The molecule has 0 bridgehead atoms. The number of thiophene rings is 1. The Morgan fingerprint density at radius 3 is 2.18 bits per heavy atom. The maximum Gasteiger partial charge on any atom is 0.307 e. The van der Waals surface area contributed by atoms with E-state index >= 15 is 0 Å². The highest BCUT2D eigenvalue weighted by Crippen LogP contribution is 2.34. The van der Waals surface area contributed by atoms with Crippen molar-refractivity contribution in [2.75, 3.05) is 5.32 Å². The van der Waals surface area contributed by atoms with Crippen LogP contribution in [0.4, 0.5) is 11.5 Å². The lowest BCUT2D eigenvalue weighted by atomic mass is 10.1.